The van der Waals surface area contributed by atoms with Crippen LogP contribution in [0.2, 0.25) is 10.0 Å². The maximum atomic E-state index is 11.5. The van der Waals surface area contributed by atoms with Gasteiger partial charge in [0.25, 0.3) is 0 Å². The Morgan fingerprint density at radius 1 is 1.20 bits per heavy atom. The van der Waals surface area contributed by atoms with Crippen LogP contribution in [0.25, 0.3) is 0 Å². The van der Waals surface area contributed by atoms with Gasteiger partial charge in [-0.15, -0.1) is 0 Å². The fourth-order valence-electron chi connectivity index (χ4n) is 1.50. The highest BCUT2D eigenvalue weighted by atomic mass is 35.5. The van der Waals surface area contributed by atoms with Crippen molar-refractivity contribution in [3.05, 3.63) is 33.8 Å². The molecular formula is C14H18Cl2N2O2. The van der Waals surface area contributed by atoms with E-state index in [2.05, 4.69) is 10.6 Å². The number of hydrogen-bond donors (Lipinski definition) is 2. The molecule has 4 nitrogen and oxygen atoms in total. The van der Waals surface area contributed by atoms with Gasteiger partial charge in [0.1, 0.15) is 0 Å². The van der Waals surface area contributed by atoms with Gasteiger partial charge in [-0.3, -0.25) is 9.59 Å². The largest absolute Gasteiger partial charge is 0.354 e. The third-order valence-corrected chi connectivity index (χ3v) is 3.27. The monoisotopic (exact) mass is 316 g/mol. The number of hydrogen-bond acceptors (Lipinski definition) is 2. The Hall–Kier alpha value is -1.26. The van der Waals surface area contributed by atoms with Gasteiger partial charge >= 0.3 is 0 Å². The van der Waals surface area contributed by atoms with Crippen molar-refractivity contribution in [2.24, 2.45) is 5.92 Å². The molecule has 1 rings (SSSR count). The molecule has 110 valence electrons. The predicted molar refractivity (Wildman–Crippen MR) is 81.0 cm³/mol. The summed E-state index contributed by atoms with van der Waals surface area (Å²) >= 11 is 11.8. The molecule has 0 fully saturated rings. The molecular weight excluding hydrogens is 299 g/mol. The molecule has 0 aliphatic carbocycles. The number of halogens is 2. The Bertz CT molecular complexity index is 490. The summed E-state index contributed by atoms with van der Waals surface area (Å²) in [6.45, 7) is 3.99. The van der Waals surface area contributed by atoms with Crippen LogP contribution in [0.15, 0.2) is 18.2 Å². The van der Waals surface area contributed by atoms with Gasteiger partial charge in [0.15, 0.2) is 0 Å². The van der Waals surface area contributed by atoms with Crippen LogP contribution < -0.4 is 10.6 Å². The third kappa shape index (κ3) is 5.80. The van der Waals surface area contributed by atoms with Crippen LogP contribution in [0.3, 0.4) is 0 Å². The van der Waals surface area contributed by atoms with Crippen LogP contribution in [0, 0.1) is 5.92 Å². The fraction of sp³-hybridized carbons (Fsp3) is 0.429. The molecule has 0 radical (unpaired) electrons. The summed E-state index contributed by atoms with van der Waals surface area (Å²) in [6, 6.07) is 5.26. The van der Waals surface area contributed by atoms with E-state index in [1.54, 1.807) is 26.0 Å². The van der Waals surface area contributed by atoms with E-state index in [1.807, 2.05) is 6.07 Å². The summed E-state index contributed by atoms with van der Waals surface area (Å²) in [6.07, 6.45) is 0.611. The van der Waals surface area contributed by atoms with Crippen LogP contribution in [0.1, 0.15) is 19.4 Å². The van der Waals surface area contributed by atoms with Crippen molar-refractivity contribution in [2.45, 2.75) is 20.3 Å². The Morgan fingerprint density at radius 2 is 1.90 bits per heavy atom. The van der Waals surface area contributed by atoms with E-state index in [1.165, 1.54) is 0 Å². The van der Waals surface area contributed by atoms with E-state index in [-0.39, 0.29) is 24.3 Å². The zero-order valence-corrected chi connectivity index (χ0v) is 13.0. The van der Waals surface area contributed by atoms with Crippen molar-refractivity contribution in [1.29, 1.82) is 0 Å². The molecule has 20 heavy (non-hydrogen) atoms. The number of rotatable bonds is 6. The molecule has 0 heterocycles. The smallest absolute Gasteiger partial charge is 0.239 e. The average Bonchev–Trinajstić information content (AvgIpc) is 2.38. The quantitative estimate of drug-likeness (QED) is 0.846. The Morgan fingerprint density at radius 3 is 2.50 bits per heavy atom. The zero-order valence-electron chi connectivity index (χ0n) is 11.5. The summed E-state index contributed by atoms with van der Waals surface area (Å²) in [5, 5.41) is 6.44. The minimum Gasteiger partial charge on any atom is -0.354 e. The van der Waals surface area contributed by atoms with Crippen LogP contribution >= 0.6 is 23.2 Å². The van der Waals surface area contributed by atoms with E-state index in [0.29, 0.717) is 23.0 Å². The maximum Gasteiger partial charge on any atom is 0.239 e. The van der Waals surface area contributed by atoms with Gasteiger partial charge in [-0.05, 0) is 24.1 Å². The zero-order chi connectivity index (χ0) is 15.1. The van der Waals surface area contributed by atoms with E-state index in [0.717, 1.165) is 5.56 Å². The molecule has 0 spiro atoms. The van der Waals surface area contributed by atoms with Crippen LogP contribution in [0.5, 0.6) is 0 Å². The van der Waals surface area contributed by atoms with Crippen molar-refractivity contribution in [3.63, 3.8) is 0 Å². The molecule has 6 heteroatoms. The molecule has 2 amide bonds. The molecule has 0 unspecified atom stereocenters. The first-order chi connectivity index (χ1) is 9.40. The summed E-state index contributed by atoms with van der Waals surface area (Å²) in [7, 11) is 0. The highest BCUT2D eigenvalue weighted by Gasteiger charge is 2.08. The van der Waals surface area contributed by atoms with Crippen LogP contribution in [0.4, 0.5) is 0 Å². The van der Waals surface area contributed by atoms with E-state index in [4.69, 9.17) is 23.2 Å². The van der Waals surface area contributed by atoms with Gasteiger partial charge in [0, 0.05) is 22.5 Å². The van der Waals surface area contributed by atoms with Gasteiger partial charge in [-0.2, -0.15) is 0 Å². The number of amides is 2. The maximum absolute atomic E-state index is 11.5. The van der Waals surface area contributed by atoms with E-state index in [9.17, 15) is 9.59 Å². The van der Waals surface area contributed by atoms with Gasteiger partial charge in [-0.25, -0.2) is 0 Å². The summed E-state index contributed by atoms with van der Waals surface area (Å²) in [5.41, 5.74) is 0.919. The third-order valence-electron chi connectivity index (χ3n) is 2.68. The summed E-state index contributed by atoms with van der Waals surface area (Å²) in [4.78, 5) is 22.8. The molecule has 0 aliphatic rings. The average molecular weight is 317 g/mol. The first-order valence-corrected chi connectivity index (χ1v) is 7.14. The Balaban J connectivity index is 2.30. The lowest BCUT2D eigenvalue weighted by molar-refractivity contribution is -0.127. The van der Waals surface area contributed by atoms with Crippen molar-refractivity contribution >= 4 is 35.0 Å². The normalized spacial score (nSPS) is 10.4. The van der Waals surface area contributed by atoms with Gasteiger partial charge in [0.2, 0.25) is 11.8 Å². The summed E-state index contributed by atoms with van der Waals surface area (Å²) in [5.74, 6) is -0.486. The van der Waals surface area contributed by atoms with Gasteiger partial charge < -0.3 is 10.6 Å². The standard InChI is InChI=1S/C14H18Cl2N2O2/c1-9(2)14(20)18-8-13(19)17-6-5-10-3-4-11(15)7-12(10)16/h3-4,7,9H,5-6,8H2,1-2H3,(H,17,19)(H,18,20). The lowest BCUT2D eigenvalue weighted by Crippen LogP contribution is -2.39. The van der Waals surface area contributed by atoms with Gasteiger partial charge in [-0.1, -0.05) is 43.1 Å². The summed E-state index contributed by atoms with van der Waals surface area (Å²) < 4.78 is 0. The molecule has 0 aliphatic heterocycles. The highest BCUT2D eigenvalue weighted by molar-refractivity contribution is 6.35. The predicted octanol–water partition coefficient (Wildman–Crippen LogP) is 2.42. The molecule has 0 aromatic heterocycles. The first-order valence-electron chi connectivity index (χ1n) is 6.38. The molecule has 2 N–H and O–H groups in total. The molecule has 0 atom stereocenters. The van der Waals surface area contributed by atoms with E-state index >= 15 is 0 Å². The Labute approximate surface area is 128 Å². The molecule has 1 aromatic carbocycles. The SMILES string of the molecule is CC(C)C(=O)NCC(=O)NCCc1ccc(Cl)cc1Cl. The van der Waals surface area contributed by atoms with Gasteiger partial charge in [0.05, 0.1) is 6.54 Å². The minimum atomic E-state index is -0.218. The first kappa shape index (κ1) is 16.8. The number of carbonyl (C=O) groups is 2. The topological polar surface area (TPSA) is 58.2 Å². The fourth-order valence-corrected chi connectivity index (χ4v) is 2.00. The number of nitrogens with one attached hydrogen (secondary N) is 2. The van der Waals surface area contributed by atoms with Crippen molar-refractivity contribution in [3.8, 4) is 0 Å². The molecule has 0 bridgehead atoms. The number of carbonyl (C=O) groups excluding carboxylic acids is 2. The van der Waals surface area contributed by atoms with E-state index < -0.39 is 0 Å². The van der Waals surface area contributed by atoms with Crippen LogP contribution in [-0.4, -0.2) is 24.9 Å². The highest BCUT2D eigenvalue weighted by Crippen LogP contribution is 2.20. The second-order valence-electron chi connectivity index (χ2n) is 4.71. The second-order valence-corrected chi connectivity index (χ2v) is 5.55. The molecule has 0 saturated carbocycles. The van der Waals surface area contributed by atoms with Crippen molar-refractivity contribution in [2.75, 3.05) is 13.1 Å². The Kier molecular flexibility index (Phi) is 6.82. The van der Waals surface area contributed by atoms with Crippen molar-refractivity contribution in [1.82, 2.24) is 10.6 Å². The lowest BCUT2D eigenvalue weighted by Gasteiger charge is -2.09. The molecule has 1 aromatic rings. The molecule has 0 saturated heterocycles. The lowest BCUT2D eigenvalue weighted by atomic mass is 10.1. The minimum absolute atomic E-state index is 0.00857. The van der Waals surface area contributed by atoms with Crippen molar-refractivity contribution < 1.29 is 9.59 Å². The second kappa shape index (κ2) is 8.12. The van der Waals surface area contributed by atoms with Crippen LogP contribution in [-0.2, 0) is 16.0 Å². The number of benzene rings is 1.